The first-order chi connectivity index (χ1) is 9.67. The Morgan fingerprint density at radius 2 is 1.90 bits per heavy atom. The molecule has 1 aromatic heterocycles. The number of pyridine rings is 1. The largest absolute Gasteiger partial charge is 0.497 e. The fraction of sp³-hybridized carbons (Fsp3) is 0.353. The van der Waals surface area contributed by atoms with E-state index >= 15 is 0 Å². The summed E-state index contributed by atoms with van der Waals surface area (Å²) in [5, 5.41) is 0.118. The fourth-order valence-electron chi connectivity index (χ4n) is 2.06. The molecule has 1 atom stereocenters. The van der Waals surface area contributed by atoms with Crippen molar-refractivity contribution in [3.05, 3.63) is 59.4 Å². The summed E-state index contributed by atoms with van der Waals surface area (Å²) in [6.45, 7) is 2.04. The van der Waals surface area contributed by atoms with Crippen LogP contribution in [0.2, 0.25) is 0 Å². The average molecular weight is 290 g/mol. The summed E-state index contributed by atoms with van der Waals surface area (Å²) in [5.74, 6) is 0.889. The molecule has 0 saturated heterocycles. The number of nitrogens with zero attached hydrogens (tertiary/aromatic N) is 1. The molecule has 1 unspecified atom stereocenters. The number of aryl methyl sites for hydroxylation is 2. The van der Waals surface area contributed by atoms with Crippen molar-refractivity contribution in [3.8, 4) is 5.75 Å². The molecule has 1 heterocycles. The number of aromatic nitrogens is 1. The molecule has 0 aliphatic rings. The molecule has 2 nitrogen and oxygen atoms in total. The lowest BCUT2D eigenvalue weighted by atomic mass is 10.1. The third kappa shape index (κ3) is 4.53. The molecule has 0 amide bonds. The molecule has 0 saturated carbocycles. The molecule has 1 aromatic carbocycles. The van der Waals surface area contributed by atoms with E-state index in [4.69, 9.17) is 16.3 Å². The van der Waals surface area contributed by atoms with Crippen molar-refractivity contribution in [1.82, 2.24) is 4.98 Å². The van der Waals surface area contributed by atoms with Crippen molar-refractivity contribution in [2.45, 2.75) is 31.6 Å². The third-order valence-electron chi connectivity index (χ3n) is 3.31. The van der Waals surface area contributed by atoms with Gasteiger partial charge in [0.15, 0.2) is 0 Å². The number of rotatable bonds is 6. The topological polar surface area (TPSA) is 22.1 Å². The molecular formula is C17H20ClNO. The van der Waals surface area contributed by atoms with Crippen LogP contribution in [0.1, 0.15) is 23.2 Å². The maximum absolute atomic E-state index is 6.40. The number of benzene rings is 1. The normalized spacial score (nSPS) is 12.2. The molecule has 2 aromatic rings. The highest BCUT2D eigenvalue weighted by molar-refractivity contribution is 6.20. The zero-order valence-corrected chi connectivity index (χ0v) is 12.7. The number of hydrogen-bond acceptors (Lipinski definition) is 2. The lowest BCUT2D eigenvalue weighted by molar-refractivity contribution is 0.414. The van der Waals surface area contributed by atoms with Crippen molar-refractivity contribution in [2.24, 2.45) is 0 Å². The van der Waals surface area contributed by atoms with Crippen LogP contribution in [-0.2, 0) is 12.8 Å². The molecule has 0 fully saturated rings. The molecule has 0 aliphatic heterocycles. The molecule has 106 valence electrons. The summed E-state index contributed by atoms with van der Waals surface area (Å²) in [6.07, 6.45) is 4.63. The fourth-order valence-corrected chi connectivity index (χ4v) is 2.33. The minimum atomic E-state index is 0.118. The van der Waals surface area contributed by atoms with Gasteiger partial charge in [-0.1, -0.05) is 18.2 Å². The Bertz CT molecular complexity index is 522. The van der Waals surface area contributed by atoms with Crippen molar-refractivity contribution in [3.63, 3.8) is 0 Å². The Morgan fingerprint density at radius 1 is 1.15 bits per heavy atom. The van der Waals surface area contributed by atoms with Crippen LogP contribution in [-0.4, -0.2) is 17.5 Å². The summed E-state index contributed by atoms with van der Waals surface area (Å²) in [4.78, 5) is 4.39. The van der Waals surface area contributed by atoms with Gasteiger partial charge in [-0.2, -0.15) is 0 Å². The molecule has 0 aliphatic carbocycles. The van der Waals surface area contributed by atoms with E-state index in [9.17, 15) is 0 Å². The number of methoxy groups -OCH3 is 1. The first-order valence-corrected chi connectivity index (χ1v) is 7.29. The molecule has 3 heteroatoms. The zero-order valence-electron chi connectivity index (χ0n) is 12.0. The van der Waals surface area contributed by atoms with Gasteiger partial charge >= 0.3 is 0 Å². The molecule has 2 rings (SSSR count). The van der Waals surface area contributed by atoms with E-state index in [1.54, 1.807) is 7.11 Å². The summed E-state index contributed by atoms with van der Waals surface area (Å²) in [6, 6.07) is 12.3. The standard InChI is InChI=1S/C17H20ClNO/c1-13-3-8-16(19-12-13)11-15(18)7-4-14-5-9-17(20-2)10-6-14/h3,5-6,8-10,12,15H,4,7,11H2,1-2H3. The average Bonchev–Trinajstić information content (AvgIpc) is 2.48. The maximum Gasteiger partial charge on any atom is 0.118 e. The van der Waals surface area contributed by atoms with E-state index in [1.807, 2.05) is 25.3 Å². The van der Waals surface area contributed by atoms with Crippen LogP contribution < -0.4 is 4.74 Å². The minimum Gasteiger partial charge on any atom is -0.497 e. The Morgan fingerprint density at radius 3 is 2.50 bits per heavy atom. The van der Waals surface area contributed by atoms with E-state index < -0.39 is 0 Å². The van der Waals surface area contributed by atoms with Crippen LogP contribution in [0.15, 0.2) is 42.6 Å². The smallest absolute Gasteiger partial charge is 0.118 e. The second-order valence-electron chi connectivity index (χ2n) is 5.02. The Balaban J connectivity index is 1.82. The highest BCUT2D eigenvalue weighted by Crippen LogP contribution is 2.16. The summed E-state index contributed by atoms with van der Waals surface area (Å²) < 4.78 is 5.15. The number of ether oxygens (including phenoxy) is 1. The van der Waals surface area contributed by atoms with Gasteiger partial charge in [-0.25, -0.2) is 0 Å². The maximum atomic E-state index is 6.40. The SMILES string of the molecule is COc1ccc(CCC(Cl)Cc2ccc(C)cn2)cc1. The first kappa shape index (κ1) is 14.9. The minimum absolute atomic E-state index is 0.118. The predicted molar refractivity (Wildman–Crippen MR) is 83.6 cm³/mol. The van der Waals surface area contributed by atoms with E-state index in [1.165, 1.54) is 11.1 Å². The third-order valence-corrected chi connectivity index (χ3v) is 3.68. The van der Waals surface area contributed by atoms with Crippen LogP contribution in [0.5, 0.6) is 5.75 Å². The van der Waals surface area contributed by atoms with Crippen molar-refractivity contribution in [2.75, 3.05) is 7.11 Å². The van der Waals surface area contributed by atoms with Crippen LogP contribution in [0.25, 0.3) is 0 Å². The number of hydrogen-bond donors (Lipinski definition) is 0. The van der Waals surface area contributed by atoms with Gasteiger partial charge in [-0.3, -0.25) is 4.98 Å². The van der Waals surface area contributed by atoms with Crippen molar-refractivity contribution >= 4 is 11.6 Å². The van der Waals surface area contributed by atoms with E-state index in [2.05, 4.69) is 29.2 Å². The second-order valence-corrected chi connectivity index (χ2v) is 5.63. The lowest BCUT2D eigenvalue weighted by Gasteiger charge is -2.09. The van der Waals surface area contributed by atoms with Crippen LogP contribution in [0.4, 0.5) is 0 Å². The van der Waals surface area contributed by atoms with E-state index in [0.29, 0.717) is 0 Å². The molecule has 0 radical (unpaired) electrons. The molecule has 0 bridgehead atoms. The zero-order chi connectivity index (χ0) is 14.4. The van der Waals surface area contributed by atoms with Crippen LogP contribution in [0.3, 0.4) is 0 Å². The molecular weight excluding hydrogens is 270 g/mol. The van der Waals surface area contributed by atoms with Gasteiger partial charge in [-0.15, -0.1) is 11.6 Å². The lowest BCUT2D eigenvalue weighted by Crippen LogP contribution is -2.06. The quantitative estimate of drug-likeness (QED) is 0.744. The molecule has 20 heavy (non-hydrogen) atoms. The summed E-state index contributed by atoms with van der Waals surface area (Å²) in [7, 11) is 1.68. The molecule has 0 spiro atoms. The van der Waals surface area contributed by atoms with Gasteiger partial charge in [0.2, 0.25) is 0 Å². The Hall–Kier alpha value is -1.54. The van der Waals surface area contributed by atoms with Gasteiger partial charge in [-0.05, 0) is 49.1 Å². The van der Waals surface area contributed by atoms with Gasteiger partial charge in [0, 0.05) is 23.7 Å². The highest BCUT2D eigenvalue weighted by Gasteiger charge is 2.07. The molecule has 0 N–H and O–H groups in total. The monoisotopic (exact) mass is 289 g/mol. The first-order valence-electron chi connectivity index (χ1n) is 6.86. The van der Waals surface area contributed by atoms with Gasteiger partial charge in [0.05, 0.1) is 7.11 Å². The van der Waals surface area contributed by atoms with Gasteiger partial charge in [0.25, 0.3) is 0 Å². The summed E-state index contributed by atoms with van der Waals surface area (Å²) >= 11 is 6.40. The summed E-state index contributed by atoms with van der Waals surface area (Å²) in [5.41, 5.74) is 3.52. The van der Waals surface area contributed by atoms with Gasteiger partial charge in [0.1, 0.15) is 5.75 Å². The van der Waals surface area contributed by atoms with E-state index in [-0.39, 0.29) is 5.38 Å². The highest BCUT2D eigenvalue weighted by atomic mass is 35.5. The second kappa shape index (κ2) is 7.30. The van der Waals surface area contributed by atoms with Gasteiger partial charge < -0.3 is 4.74 Å². The Labute approximate surface area is 125 Å². The van der Waals surface area contributed by atoms with Crippen LogP contribution >= 0.6 is 11.6 Å². The predicted octanol–water partition coefficient (Wildman–Crippen LogP) is 4.18. The number of halogens is 1. The van der Waals surface area contributed by atoms with Crippen molar-refractivity contribution in [1.29, 1.82) is 0 Å². The number of alkyl halides is 1. The Kier molecular flexibility index (Phi) is 5.42. The van der Waals surface area contributed by atoms with Crippen molar-refractivity contribution < 1.29 is 4.74 Å². The van der Waals surface area contributed by atoms with E-state index in [0.717, 1.165) is 30.7 Å². The van der Waals surface area contributed by atoms with Crippen LogP contribution in [0, 0.1) is 6.92 Å².